The largest absolute Gasteiger partial charge is 0.444 e. The number of carbonyl (C=O) groups is 3. The number of nitrogens with one attached hydrogen (secondary N) is 2. The first-order chi connectivity index (χ1) is 12.1. The van der Waals surface area contributed by atoms with E-state index in [1.54, 1.807) is 54.9 Å². The summed E-state index contributed by atoms with van der Waals surface area (Å²) in [6.45, 7) is 0. The van der Waals surface area contributed by atoms with Gasteiger partial charge < -0.3 is 10.1 Å². The number of carbonyl (C=O) groups excluding carboxylic acids is 3. The first-order valence-electron chi connectivity index (χ1n) is 7.34. The van der Waals surface area contributed by atoms with Crippen molar-refractivity contribution in [3.63, 3.8) is 0 Å². The summed E-state index contributed by atoms with van der Waals surface area (Å²) < 4.78 is 5.39. The molecule has 2 rings (SSSR count). The lowest BCUT2D eigenvalue weighted by molar-refractivity contribution is -0.129. The first-order valence-corrected chi connectivity index (χ1v) is 8.56. The van der Waals surface area contributed by atoms with Gasteiger partial charge in [-0.25, -0.2) is 14.6 Å². The van der Waals surface area contributed by atoms with E-state index in [1.165, 1.54) is 18.8 Å². The second kappa shape index (κ2) is 8.84. The van der Waals surface area contributed by atoms with Crippen molar-refractivity contribution in [2.75, 3.05) is 13.3 Å². The Morgan fingerprint density at radius 3 is 2.48 bits per heavy atom. The molecule has 130 valence electrons. The molecule has 3 amide bonds. The van der Waals surface area contributed by atoms with Crippen LogP contribution in [0.2, 0.25) is 0 Å². The Hall–Kier alpha value is -2.87. The van der Waals surface area contributed by atoms with Gasteiger partial charge in [0.05, 0.1) is 5.56 Å². The molecule has 0 bridgehead atoms. The van der Waals surface area contributed by atoms with Gasteiger partial charge in [0.15, 0.2) is 0 Å². The number of benzene rings is 1. The van der Waals surface area contributed by atoms with Crippen LogP contribution in [0.5, 0.6) is 0 Å². The van der Waals surface area contributed by atoms with Crippen molar-refractivity contribution < 1.29 is 19.1 Å². The molecule has 1 unspecified atom stereocenters. The third-order valence-corrected chi connectivity index (χ3v) is 3.93. The highest BCUT2D eigenvalue weighted by Gasteiger charge is 2.27. The Bertz CT molecular complexity index is 767. The van der Waals surface area contributed by atoms with Gasteiger partial charge in [-0.2, -0.15) is 0 Å². The van der Waals surface area contributed by atoms with Crippen LogP contribution in [0.4, 0.5) is 4.79 Å². The summed E-state index contributed by atoms with van der Waals surface area (Å²) >= 11 is 1.29. The second-order valence-electron chi connectivity index (χ2n) is 4.82. The van der Waals surface area contributed by atoms with Gasteiger partial charge in [0.2, 0.25) is 6.10 Å². The van der Waals surface area contributed by atoms with E-state index in [0.717, 1.165) is 0 Å². The second-order valence-corrected chi connectivity index (χ2v) is 5.62. The van der Waals surface area contributed by atoms with E-state index in [0.29, 0.717) is 10.6 Å². The van der Waals surface area contributed by atoms with Crippen LogP contribution in [0, 0.1) is 0 Å². The molecule has 0 radical (unpaired) electrons. The number of hydrogen-bond acceptors (Lipinski definition) is 6. The Labute approximate surface area is 149 Å². The summed E-state index contributed by atoms with van der Waals surface area (Å²) in [5, 5.41) is 4.90. The molecule has 0 aliphatic carbocycles. The van der Waals surface area contributed by atoms with E-state index in [4.69, 9.17) is 4.74 Å². The number of amides is 3. The van der Waals surface area contributed by atoms with Gasteiger partial charge in [-0.3, -0.25) is 10.1 Å². The average molecular weight is 359 g/mol. The van der Waals surface area contributed by atoms with Crippen LogP contribution in [0.25, 0.3) is 0 Å². The topological polar surface area (TPSA) is 97.4 Å². The Morgan fingerprint density at radius 2 is 1.84 bits per heavy atom. The molecule has 8 heteroatoms. The SMILES string of the molecule is CNC(=O)NC(=O)C(OC(=O)c1cccnc1SC)c1ccccc1. The standard InChI is InChI=1S/C17H17N3O4S/c1-18-17(23)20-14(21)13(11-7-4-3-5-8-11)24-16(22)12-9-6-10-19-15(12)25-2/h3-10,13H,1-2H3,(H2,18,20,21,23). The number of thioether (sulfide) groups is 1. The van der Waals surface area contributed by atoms with E-state index >= 15 is 0 Å². The number of aromatic nitrogens is 1. The molecule has 0 fully saturated rings. The molecule has 0 spiro atoms. The number of pyridine rings is 1. The number of hydrogen-bond donors (Lipinski definition) is 2. The molecular weight excluding hydrogens is 342 g/mol. The molecule has 7 nitrogen and oxygen atoms in total. The van der Waals surface area contributed by atoms with Gasteiger partial charge in [0.1, 0.15) is 5.03 Å². The van der Waals surface area contributed by atoms with Crippen molar-refractivity contribution in [3.8, 4) is 0 Å². The number of urea groups is 1. The number of rotatable bonds is 5. The molecule has 0 aliphatic heterocycles. The summed E-state index contributed by atoms with van der Waals surface area (Å²) in [6, 6.07) is 11.0. The van der Waals surface area contributed by atoms with E-state index < -0.39 is 24.0 Å². The molecular formula is C17H17N3O4S. The van der Waals surface area contributed by atoms with E-state index in [9.17, 15) is 14.4 Å². The summed E-state index contributed by atoms with van der Waals surface area (Å²) in [4.78, 5) is 40.4. The number of imide groups is 1. The molecule has 2 aromatic rings. The van der Waals surface area contributed by atoms with E-state index in [-0.39, 0.29) is 5.56 Å². The van der Waals surface area contributed by atoms with Crippen LogP contribution in [0.3, 0.4) is 0 Å². The van der Waals surface area contributed by atoms with Crippen molar-refractivity contribution in [1.82, 2.24) is 15.6 Å². The average Bonchev–Trinajstić information content (AvgIpc) is 2.66. The monoisotopic (exact) mass is 359 g/mol. The van der Waals surface area contributed by atoms with Gasteiger partial charge in [-0.15, -0.1) is 11.8 Å². The van der Waals surface area contributed by atoms with Crippen LogP contribution < -0.4 is 10.6 Å². The minimum Gasteiger partial charge on any atom is -0.444 e. The van der Waals surface area contributed by atoms with Crippen molar-refractivity contribution in [1.29, 1.82) is 0 Å². The molecule has 0 aliphatic rings. The minimum absolute atomic E-state index is 0.253. The van der Waals surface area contributed by atoms with Gasteiger partial charge in [-0.05, 0) is 18.4 Å². The van der Waals surface area contributed by atoms with Gasteiger partial charge in [-0.1, -0.05) is 30.3 Å². The molecule has 1 aromatic carbocycles. The molecule has 1 heterocycles. The zero-order chi connectivity index (χ0) is 18.2. The highest BCUT2D eigenvalue weighted by molar-refractivity contribution is 7.98. The van der Waals surface area contributed by atoms with Gasteiger partial charge in [0, 0.05) is 18.8 Å². The lowest BCUT2D eigenvalue weighted by Gasteiger charge is -2.18. The quantitative estimate of drug-likeness (QED) is 0.627. The maximum absolute atomic E-state index is 12.5. The maximum Gasteiger partial charge on any atom is 0.342 e. The zero-order valence-electron chi connectivity index (χ0n) is 13.7. The first kappa shape index (κ1) is 18.5. The molecule has 0 saturated heterocycles. The lowest BCUT2D eigenvalue weighted by atomic mass is 10.1. The summed E-state index contributed by atoms with van der Waals surface area (Å²) in [7, 11) is 1.38. The molecule has 1 atom stereocenters. The smallest absolute Gasteiger partial charge is 0.342 e. The van der Waals surface area contributed by atoms with Gasteiger partial charge >= 0.3 is 12.0 Å². The number of nitrogens with zero attached hydrogens (tertiary/aromatic N) is 1. The van der Waals surface area contributed by atoms with Gasteiger partial charge in [0.25, 0.3) is 5.91 Å². The normalized spacial score (nSPS) is 11.3. The molecule has 0 saturated carbocycles. The van der Waals surface area contributed by atoms with Crippen molar-refractivity contribution >= 4 is 29.7 Å². The lowest BCUT2D eigenvalue weighted by Crippen LogP contribution is -2.41. The summed E-state index contributed by atoms with van der Waals surface area (Å²) in [6.07, 6.45) is 2.09. The summed E-state index contributed by atoms with van der Waals surface area (Å²) in [5.74, 6) is -1.44. The zero-order valence-corrected chi connectivity index (χ0v) is 14.5. The number of ether oxygens (including phenoxy) is 1. The van der Waals surface area contributed by atoms with E-state index in [1.807, 2.05) is 0 Å². The Kier molecular flexibility index (Phi) is 6.53. The Morgan fingerprint density at radius 1 is 1.12 bits per heavy atom. The van der Waals surface area contributed by atoms with Crippen molar-refractivity contribution in [2.24, 2.45) is 0 Å². The highest BCUT2D eigenvalue weighted by atomic mass is 32.2. The fourth-order valence-electron chi connectivity index (χ4n) is 2.02. The predicted octanol–water partition coefficient (Wildman–Crippen LogP) is 2.16. The molecule has 1 aromatic heterocycles. The van der Waals surface area contributed by atoms with Crippen LogP contribution in [0.15, 0.2) is 53.7 Å². The third-order valence-electron chi connectivity index (χ3n) is 3.21. The van der Waals surface area contributed by atoms with Crippen LogP contribution in [-0.4, -0.2) is 36.2 Å². The van der Waals surface area contributed by atoms with Crippen LogP contribution in [0.1, 0.15) is 22.0 Å². The predicted molar refractivity (Wildman–Crippen MR) is 93.2 cm³/mol. The Balaban J connectivity index is 2.28. The van der Waals surface area contributed by atoms with Crippen molar-refractivity contribution in [2.45, 2.75) is 11.1 Å². The molecule has 2 N–H and O–H groups in total. The molecule has 25 heavy (non-hydrogen) atoms. The third kappa shape index (κ3) is 4.80. The fraction of sp³-hybridized carbons (Fsp3) is 0.176. The fourth-order valence-corrected chi connectivity index (χ4v) is 2.56. The van der Waals surface area contributed by atoms with Crippen molar-refractivity contribution in [3.05, 3.63) is 59.8 Å². The maximum atomic E-state index is 12.5. The highest BCUT2D eigenvalue weighted by Crippen LogP contribution is 2.23. The minimum atomic E-state index is -1.26. The van der Waals surface area contributed by atoms with E-state index in [2.05, 4.69) is 15.6 Å². The summed E-state index contributed by atoms with van der Waals surface area (Å²) in [5.41, 5.74) is 0.704. The number of esters is 1. The van der Waals surface area contributed by atoms with Crippen LogP contribution >= 0.6 is 11.8 Å². The van der Waals surface area contributed by atoms with Crippen LogP contribution in [-0.2, 0) is 9.53 Å².